The molecule has 0 radical (unpaired) electrons. The molecule has 4 heteroatoms. The summed E-state index contributed by atoms with van der Waals surface area (Å²) in [6.45, 7) is 1.73. The summed E-state index contributed by atoms with van der Waals surface area (Å²) in [6, 6.07) is 19.2. The van der Waals surface area contributed by atoms with Crippen LogP contribution in [0.4, 0.5) is 0 Å². The molecule has 1 fully saturated rings. The van der Waals surface area contributed by atoms with Crippen molar-refractivity contribution in [3.8, 4) is 0 Å². The average molecular weight is 383 g/mol. The van der Waals surface area contributed by atoms with Crippen LogP contribution in [0, 0.1) is 0 Å². The van der Waals surface area contributed by atoms with Crippen LogP contribution in [0.15, 0.2) is 59.1 Å². The molecule has 0 spiro atoms. The van der Waals surface area contributed by atoms with Crippen LogP contribution >= 0.6 is 28.3 Å². The van der Waals surface area contributed by atoms with Gasteiger partial charge in [0.2, 0.25) is 0 Å². The van der Waals surface area contributed by atoms with E-state index in [0.717, 1.165) is 17.4 Å². The van der Waals surface area contributed by atoms with Gasteiger partial charge in [0.05, 0.1) is 18.8 Å². The van der Waals surface area contributed by atoms with Crippen LogP contribution < -0.4 is 5.32 Å². The molecule has 3 rings (SSSR count). The van der Waals surface area contributed by atoms with Gasteiger partial charge >= 0.3 is 0 Å². The van der Waals surface area contributed by atoms with Crippen molar-refractivity contribution in [2.45, 2.75) is 31.6 Å². The van der Waals surface area contributed by atoms with Crippen LogP contribution in [0.5, 0.6) is 0 Å². The predicted molar refractivity (Wildman–Crippen MR) is 96.4 cm³/mol. The Bertz CT molecular complexity index is 578. The molecule has 1 aliphatic heterocycles. The lowest BCUT2D eigenvalue weighted by atomic mass is 9.94. The molecule has 1 heterocycles. The SMILES string of the molecule is Brc1cccc(CO[C@H]2CCCN[C@H]2c2ccccc2)c1.Cl. The Morgan fingerprint density at radius 2 is 1.91 bits per heavy atom. The van der Waals surface area contributed by atoms with Gasteiger partial charge in [-0.3, -0.25) is 0 Å². The molecule has 2 aromatic carbocycles. The third kappa shape index (κ3) is 4.56. The van der Waals surface area contributed by atoms with E-state index in [1.165, 1.54) is 17.5 Å². The monoisotopic (exact) mass is 381 g/mol. The highest BCUT2D eigenvalue weighted by atomic mass is 79.9. The van der Waals surface area contributed by atoms with Gasteiger partial charge in [-0.2, -0.15) is 0 Å². The highest BCUT2D eigenvalue weighted by molar-refractivity contribution is 9.10. The van der Waals surface area contributed by atoms with Gasteiger partial charge in [0.15, 0.2) is 0 Å². The second-order valence-corrected chi connectivity index (χ2v) is 6.38. The molecule has 2 nitrogen and oxygen atoms in total. The quantitative estimate of drug-likeness (QED) is 0.813. The van der Waals surface area contributed by atoms with E-state index in [2.05, 4.69) is 69.8 Å². The number of ether oxygens (including phenoxy) is 1. The van der Waals surface area contributed by atoms with E-state index in [1.807, 2.05) is 6.07 Å². The van der Waals surface area contributed by atoms with Crippen molar-refractivity contribution < 1.29 is 4.74 Å². The summed E-state index contributed by atoms with van der Waals surface area (Å²) in [5.74, 6) is 0. The maximum Gasteiger partial charge on any atom is 0.0774 e. The number of halogens is 2. The fourth-order valence-corrected chi connectivity index (χ4v) is 3.31. The van der Waals surface area contributed by atoms with Crippen molar-refractivity contribution in [3.05, 3.63) is 70.2 Å². The maximum atomic E-state index is 6.21. The Hall–Kier alpha value is -0.870. The van der Waals surface area contributed by atoms with E-state index in [0.29, 0.717) is 12.6 Å². The van der Waals surface area contributed by atoms with Crippen molar-refractivity contribution >= 4 is 28.3 Å². The molecule has 1 saturated heterocycles. The zero-order valence-electron chi connectivity index (χ0n) is 12.4. The van der Waals surface area contributed by atoms with Crippen molar-refractivity contribution in [3.63, 3.8) is 0 Å². The third-order valence-electron chi connectivity index (χ3n) is 3.91. The largest absolute Gasteiger partial charge is 0.372 e. The van der Waals surface area contributed by atoms with Crippen molar-refractivity contribution in [2.75, 3.05) is 6.54 Å². The molecule has 0 aliphatic carbocycles. The molecular formula is C18H21BrClNO. The lowest BCUT2D eigenvalue weighted by Gasteiger charge is -2.33. The molecule has 0 bridgehead atoms. The first-order valence-corrected chi connectivity index (χ1v) is 8.26. The number of nitrogens with one attached hydrogen (secondary N) is 1. The molecular weight excluding hydrogens is 362 g/mol. The highest BCUT2D eigenvalue weighted by Gasteiger charge is 2.26. The first kappa shape index (κ1) is 17.5. The fraction of sp³-hybridized carbons (Fsp3) is 0.333. The Morgan fingerprint density at radius 3 is 2.68 bits per heavy atom. The third-order valence-corrected chi connectivity index (χ3v) is 4.41. The molecule has 0 unspecified atom stereocenters. The van der Waals surface area contributed by atoms with E-state index in [1.54, 1.807) is 0 Å². The van der Waals surface area contributed by atoms with E-state index in [9.17, 15) is 0 Å². The minimum atomic E-state index is 0. The molecule has 1 aliphatic rings. The highest BCUT2D eigenvalue weighted by Crippen LogP contribution is 2.27. The second-order valence-electron chi connectivity index (χ2n) is 5.46. The van der Waals surface area contributed by atoms with Crippen LogP contribution in [0.1, 0.15) is 30.0 Å². The van der Waals surface area contributed by atoms with Gasteiger partial charge in [0, 0.05) is 4.47 Å². The van der Waals surface area contributed by atoms with Crippen molar-refractivity contribution in [1.82, 2.24) is 5.32 Å². The topological polar surface area (TPSA) is 21.3 Å². The lowest BCUT2D eigenvalue weighted by Crippen LogP contribution is -2.39. The minimum absolute atomic E-state index is 0. The Labute approximate surface area is 146 Å². The number of piperidine rings is 1. The van der Waals surface area contributed by atoms with Gasteiger partial charge < -0.3 is 10.1 Å². The zero-order valence-corrected chi connectivity index (χ0v) is 14.8. The van der Waals surface area contributed by atoms with Gasteiger partial charge in [-0.15, -0.1) is 12.4 Å². The summed E-state index contributed by atoms with van der Waals surface area (Å²) in [5.41, 5.74) is 2.53. The summed E-state index contributed by atoms with van der Waals surface area (Å²) in [6.07, 6.45) is 2.52. The summed E-state index contributed by atoms with van der Waals surface area (Å²) in [4.78, 5) is 0. The molecule has 1 N–H and O–H groups in total. The minimum Gasteiger partial charge on any atom is -0.372 e. The first-order chi connectivity index (χ1) is 10.3. The van der Waals surface area contributed by atoms with Gasteiger partial charge in [-0.25, -0.2) is 0 Å². The summed E-state index contributed by atoms with van der Waals surface area (Å²) in [7, 11) is 0. The summed E-state index contributed by atoms with van der Waals surface area (Å²) >= 11 is 3.51. The standard InChI is InChI=1S/C18H20BrNO.ClH/c19-16-9-4-6-14(12-16)13-21-17-10-5-11-20-18(17)15-7-2-1-3-8-15;/h1-4,6-9,12,17-18,20H,5,10-11,13H2;1H/t17-,18-;/m0./s1. The van der Waals surface area contributed by atoms with Gasteiger partial charge in [-0.05, 0) is 42.6 Å². The van der Waals surface area contributed by atoms with Crippen LogP contribution in [0.25, 0.3) is 0 Å². The second kappa shape index (κ2) is 8.68. The van der Waals surface area contributed by atoms with Gasteiger partial charge in [-0.1, -0.05) is 58.4 Å². The molecule has 0 aromatic heterocycles. The Morgan fingerprint density at radius 1 is 1.09 bits per heavy atom. The summed E-state index contributed by atoms with van der Waals surface area (Å²) < 4.78 is 7.31. The Kier molecular flexibility index (Phi) is 6.90. The van der Waals surface area contributed by atoms with E-state index in [4.69, 9.17) is 4.74 Å². The fourth-order valence-electron chi connectivity index (χ4n) is 2.86. The van der Waals surface area contributed by atoms with E-state index >= 15 is 0 Å². The van der Waals surface area contributed by atoms with Crippen LogP contribution in [0.3, 0.4) is 0 Å². The lowest BCUT2D eigenvalue weighted by molar-refractivity contribution is -0.00358. The van der Waals surface area contributed by atoms with E-state index in [-0.39, 0.29) is 18.5 Å². The summed E-state index contributed by atoms with van der Waals surface area (Å²) in [5, 5.41) is 3.60. The molecule has 0 amide bonds. The van der Waals surface area contributed by atoms with Crippen LogP contribution in [-0.4, -0.2) is 12.6 Å². The van der Waals surface area contributed by atoms with Gasteiger partial charge in [0.1, 0.15) is 0 Å². The van der Waals surface area contributed by atoms with Crippen molar-refractivity contribution in [1.29, 1.82) is 0 Å². The molecule has 118 valence electrons. The normalized spacial score (nSPS) is 21.1. The van der Waals surface area contributed by atoms with E-state index < -0.39 is 0 Å². The molecule has 2 atom stereocenters. The first-order valence-electron chi connectivity index (χ1n) is 7.47. The Balaban J connectivity index is 0.00000176. The predicted octanol–water partition coefficient (Wildman–Crippen LogP) is 4.88. The van der Waals surface area contributed by atoms with Crippen LogP contribution in [-0.2, 0) is 11.3 Å². The molecule has 2 aromatic rings. The average Bonchev–Trinajstić information content (AvgIpc) is 2.54. The number of hydrogen-bond donors (Lipinski definition) is 1. The maximum absolute atomic E-state index is 6.21. The molecule has 0 saturated carbocycles. The van der Waals surface area contributed by atoms with Crippen LogP contribution in [0.2, 0.25) is 0 Å². The number of benzene rings is 2. The smallest absolute Gasteiger partial charge is 0.0774 e. The van der Waals surface area contributed by atoms with Gasteiger partial charge in [0.25, 0.3) is 0 Å². The zero-order chi connectivity index (χ0) is 14.5. The number of hydrogen-bond acceptors (Lipinski definition) is 2. The van der Waals surface area contributed by atoms with Crippen molar-refractivity contribution in [2.24, 2.45) is 0 Å². The number of rotatable bonds is 4. The molecule has 22 heavy (non-hydrogen) atoms.